The molecule has 28 heavy (non-hydrogen) atoms. The van der Waals surface area contributed by atoms with E-state index in [9.17, 15) is 9.59 Å². The zero-order valence-electron chi connectivity index (χ0n) is 15.1. The molecule has 1 fully saturated rings. The van der Waals surface area contributed by atoms with E-state index < -0.39 is 0 Å². The minimum Gasteiger partial charge on any atom is -0.486 e. The number of benzene rings is 2. The van der Waals surface area contributed by atoms with Crippen LogP contribution in [0.15, 0.2) is 48.5 Å². The molecule has 2 amide bonds. The Labute approximate surface area is 165 Å². The largest absolute Gasteiger partial charge is 0.486 e. The predicted octanol–water partition coefficient (Wildman–Crippen LogP) is 2.53. The van der Waals surface area contributed by atoms with E-state index >= 15 is 0 Å². The van der Waals surface area contributed by atoms with Crippen molar-refractivity contribution < 1.29 is 14.3 Å². The molecule has 3 aromatic rings. The molecule has 1 aromatic heterocycles. The number of carbonyl (C=O) groups is 2. The molecule has 1 unspecified atom stereocenters. The number of amides is 2. The highest BCUT2D eigenvalue weighted by molar-refractivity contribution is 8.15. The SMILES string of the molecule is Cn1c(COc2ccc(CC3SC(=O)NC3=O)cc2)nc2ccccc2c1=N. The van der Waals surface area contributed by atoms with E-state index in [0.29, 0.717) is 23.5 Å². The Morgan fingerprint density at radius 1 is 1.18 bits per heavy atom. The molecule has 2 heterocycles. The lowest BCUT2D eigenvalue weighted by Gasteiger charge is -2.12. The van der Waals surface area contributed by atoms with Crippen LogP contribution >= 0.6 is 11.8 Å². The van der Waals surface area contributed by atoms with Crippen molar-refractivity contribution in [2.45, 2.75) is 18.3 Å². The standard InChI is InChI=1S/C20H18N4O3S/c1-24-17(22-15-5-3-2-4-14(15)18(24)21)11-27-13-8-6-12(7-9-13)10-16-19(25)23-20(26)28-16/h2-9,16,21H,10-11H2,1H3,(H,23,25,26). The summed E-state index contributed by atoms with van der Waals surface area (Å²) in [6.07, 6.45) is 0.492. The summed E-state index contributed by atoms with van der Waals surface area (Å²) in [6.45, 7) is 0.238. The van der Waals surface area contributed by atoms with E-state index in [1.54, 1.807) is 11.6 Å². The van der Waals surface area contributed by atoms with Crippen molar-refractivity contribution in [3.63, 3.8) is 0 Å². The maximum atomic E-state index is 11.7. The van der Waals surface area contributed by atoms with Gasteiger partial charge >= 0.3 is 0 Å². The first-order chi connectivity index (χ1) is 13.5. The van der Waals surface area contributed by atoms with Gasteiger partial charge in [0.05, 0.1) is 10.8 Å². The number of imide groups is 1. The second-order valence-corrected chi connectivity index (χ2v) is 7.65. The van der Waals surface area contributed by atoms with Crippen LogP contribution < -0.4 is 15.5 Å². The first-order valence-corrected chi connectivity index (χ1v) is 9.61. The van der Waals surface area contributed by atoms with Crippen molar-refractivity contribution in [1.29, 1.82) is 5.41 Å². The number of carbonyl (C=O) groups excluding carboxylic acids is 2. The summed E-state index contributed by atoms with van der Waals surface area (Å²) in [4.78, 5) is 27.5. The third-order valence-electron chi connectivity index (χ3n) is 4.61. The van der Waals surface area contributed by atoms with Gasteiger partial charge in [-0.05, 0) is 36.2 Å². The van der Waals surface area contributed by atoms with E-state index in [4.69, 9.17) is 10.1 Å². The van der Waals surface area contributed by atoms with Gasteiger partial charge in [0.2, 0.25) is 5.91 Å². The lowest BCUT2D eigenvalue weighted by atomic mass is 10.1. The fourth-order valence-corrected chi connectivity index (χ4v) is 3.90. The van der Waals surface area contributed by atoms with Crippen LogP contribution in [-0.4, -0.2) is 25.9 Å². The molecule has 0 bridgehead atoms. The first-order valence-electron chi connectivity index (χ1n) is 8.74. The Morgan fingerprint density at radius 2 is 1.93 bits per heavy atom. The average Bonchev–Trinajstić information content (AvgIpc) is 3.01. The van der Waals surface area contributed by atoms with Gasteiger partial charge in [-0.3, -0.25) is 20.3 Å². The third kappa shape index (κ3) is 3.63. The molecule has 142 valence electrons. The highest BCUT2D eigenvalue weighted by Crippen LogP contribution is 2.24. The molecule has 0 saturated carbocycles. The second-order valence-electron chi connectivity index (χ2n) is 6.47. The van der Waals surface area contributed by atoms with E-state index in [2.05, 4.69) is 10.3 Å². The van der Waals surface area contributed by atoms with Crippen LogP contribution in [0.3, 0.4) is 0 Å². The highest BCUT2D eigenvalue weighted by atomic mass is 32.2. The predicted molar refractivity (Wildman–Crippen MR) is 106 cm³/mol. The average molecular weight is 394 g/mol. The second kappa shape index (κ2) is 7.47. The third-order valence-corrected chi connectivity index (χ3v) is 5.59. The summed E-state index contributed by atoms with van der Waals surface area (Å²) in [5, 5.41) is 10.7. The molecule has 8 heteroatoms. The number of aromatic nitrogens is 2. The van der Waals surface area contributed by atoms with Gasteiger partial charge in [0.15, 0.2) is 0 Å². The number of nitrogens with zero attached hydrogens (tertiary/aromatic N) is 2. The zero-order valence-corrected chi connectivity index (χ0v) is 16.0. The number of nitrogens with one attached hydrogen (secondary N) is 2. The maximum Gasteiger partial charge on any atom is 0.286 e. The van der Waals surface area contributed by atoms with Crippen molar-refractivity contribution in [1.82, 2.24) is 14.9 Å². The molecule has 4 rings (SSSR count). The van der Waals surface area contributed by atoms with Gasteiger partial charge in [0.25, 0.3) is 5.24 Å². The highest BCUT2D eigenvalue weighted by Gasteiger charge is 2.31. The van der Waals surface area contributed by atoms with Crippen LogP contribution in [0.1, 0.15) is 11.4 Å². The number of hydrogen-bond acceptors (Lipinski definition) is 6. The molecule has 1 aliphatic heterocycles. The first kappa shape index (κ1) is 18.2. The summed E-state index contributed by atoms with van der Waals surface area (Å²) in [7, 11) is 1.80. The topological polar surface area (TPSA) is 97.1 Å². The van der Waals surface area contributed by atoms with Crippen molar-refractivity contribution in [3.05, 3.63) is 65.4 Å². The number of rotatable bonds is 5. The van der Waals surface area contributed by atoms with Gasteiger partial charge in [0.1, 0.15) is 23.7 Å². The number of fused-ring (bicyclic) bond motifs is 1. The number of ether oxygens (including phenoxy) is 1. The fourth-order valence-electron chi connectivity index (χ4n) is 3.04. The van der Waals surface area contributed by atoms with Crippen LogP contribution in [0.2, 0.25) is 0 Å². The van der Waals surface area contributed by atoms with Gasteiger partial charge in [-0.15, -0.1) is 0 Å². The Hall–Kier alpha value is -3.13. The van der Waals surface area contributed by atoms with Gasteiger partial charge < -0.3 is 9.30 Å². The Morgan fingerprint density at radius 3 is 2.64 bits per heavy atom. The number of hydrogen-bond donors (Lipinski definition) is 2. The van der Waals surface area contributed by atoms with Crippen molar-refractivity contribution in [3.8, 4) is 5.75 Å². The van der Waals surface area contributed by atoms with Crippen molar-refractivity contribution in [2.75, 3.05) is 0 Å². The summed E-state index contributed by atoms with van der Waals surface area (Å²) < 4.78 is 7.55. The molecule has 2 N–H and O–H groups in total. The van der Waals surface area contributed by atoms with Crippen LogP contribution in [0, 0.1) is 5.41 Å². The van der Waals surface area contributed by atoms with E-state index in [0.717, 1.165) is 28.2 Å². The fraction of sp³-hybridized carbons (Fsp3) is 0.200. The normalized spacial score (nSPS) is 16.4. The minimum atomic E-state index is -0.379. The summed E-state index contributed by atoms with van der Waals surface area (Å²) in [5.74, 6) is 1.09. The van der Waals surface area contributed by atoms with Crippen LogP contribution in [0.5, 0.6) is 5.75 Å². The van der Waals surface area contributed by atoms with Gasteiger partial charge in [-0.25, -0.2) is 4.98 Å². The van der Waals surface area contributed by atoms with Crippen molar-refractivity contribution in [2.24, 2.45) is 7.05 Å². The zero-order chi connectivity index (χ0) is 19.7. The minimum absolute atomic E-state index is 0.238. The van der Waals surface area contributed by atoms with Crippen LogP contribution in [0.4, 0.5) is 4.79 Å². The summed E-state index contributed by atoms with van der Waals surface area (Å²) in [6, 6.07) is 15.0. The van der Waals surface area contributed by atoms with Crippen LogP contribution in [0.25, 0.3) is 10.9 Å². The lowest BCUT2D eigenvalue weighted by Crippen LogP contribution is -2.25. The van der Waals surface area contributed by atoms with Gasteiger partial charge in [-0.1, -0.05) is 36.0 Å². The smallest absolute Gasteiger partial charge is 0.286 e. The maximum absolute atomic E-state index is 11.7. The Balaban J connectivity index is 1.45. The molecule has 1 aliphatic rings. The Kier molecular flexibility index (Phi) is 4.87. The molecule has 1 saturated heterocycles. The molecule has 0 radical (unpaired) electrons. The summed E-state index contributed by atoms with van der Waals surface area (Å²) >= 11 is 1.02. The summed E-state index contributed by atoms with van der Waals surface area (Å²) in [5.41, 5.74) is 2.11. The monoisotopic (exact) mass is 394 g/mol. The molecular formula is C20H18N4O3S. The lowest BCUT2D eigenvalue weighted by molar-refractivity contribution is -0.118. The van der Waals surface area contributed by atoms with Crippen molar-refractivity contribution >= 4 is 33.8 Å². The molecule has 7 nitrogen and oxygen atoms in total. The van der Waals surface area contributed by atoms with E-state index in [1.165, 1.54) is 0 Å². The van der Waals surface area contributed by atoms with Gasteiger partial charge in [-0.2, -0.15) is 0 Å². The molecule has 0 aliphatic carbocycles. The molecule has 0 spiro atoms. The quantitative estimate of drug-likeness (QED) is 0.693. The number of thioether (sulfide) groups is 1. The number of para-hydroxylation sites is 1. The van der Waals surface area contributed by atoms with Gasteiger partial charge in [0, 0.05) is 12.4 Å². The molecule has 1 atom stereocenters. The van der Waals surface area contributed by atoms with Crippen LogP contribution in [-0.2, 0) is 24.9 Å². The van der Waals surface area contributed by atoms with E-state index in [1.807, 2.05) is 48.5 Å². The van der Waals surface area contributed by atoms with E-state index in [-0.39, 0.29) is 23.0 Å². The molecular weight excluding hydrogens is 376 g/mol. The Bertz CT molecular complexity index is 1120. The molecule has 2 aromatic carbocycles.